The monoisotopic (exact) mass is 836 g/mol. The molecule has 0 aromatic heterocycles. The van der Waals surface area contributed by atoms with Crippen LogP contribution in [0.4, 0.5) is 64.1 Å². The van der Waals surface area contributed by atoms with Gasteiger partial charge in [0.15, 0.2) is 0 Å². The molecule has 5 nitrogen and oxygen atoms in total. The average molecular weight is 837 g/mol. The number of hydrogen-bond donors (Lipinski definition) is 2. The van der Waals surface area contributed by atoms with Gasteiger partial charge in [0.1, 0.15) is 34.5 Å². The lowest BCUT2D eigenvalue weighted by Gasteiger charge is -2.39. The first kappa shape index (κ1) is 42.1. The molecule has 0 radical (unpaired) electrons. The van der Waals surface area contributed by atoms with Crippen molar-refractivity contribution >= 4 is 11.4 Å². The lowest BCUT2D eigenvalue weighted by molar-refractivity contribution is -0.290. The van der Waals surface area contributed by atoms with Crippen LogP contribution in [0.2, 0.25) is 0 Å². The van der Waals surface area contributed by atoms with Gasteiger partial charge < -0.3 is 25.7 Å². The van der Waals surface area contributed by atoms with Gasteiger partial charge in [-0.1, -0.05) is 60.7 Å². The molecule has 4 N–H and O–H groups in total. The van der Waals surface area contributed by atoms with Crippen LogP contribution in [0.5, 0.6) is 34.5 Å². The molecule has 0 atom stereocenters. The van der Waals surface area contributed by atoms with E-state index >= 15 is 52.7 Å². The Morgan fingerprint density at radius 1 is 0.305 bits per heavy atom. The molecule has 0 aliphatic carbocycles. The largest absolute Gasteiger partial charge is 0.457 e. The molecule has 6 aromatic carbocycles. The first-order chi connectivity index (χ1) is 27.6. The van der Waals surface area contributed by atoms with E-state index in [-0.39, 0.29) is 22.9 Å². The molecule has 17 heteroatoms. The van der Waals surface area contributed by atoms with Crippen molar-refractivity contribution in [3.05, 3.63) is 168 Å². The number of halogens is 12. The third kappa shape index (κ3) is 7.76. The minimum absolute atomic E-state index is 0.113. The molecule has 0 unspecified atom stereocenters. The summed E-state index contributed by atoms with van der Waals surface area (Å²) in [5.41, 5.74) is -2.82. The Morgan fingerprint density at radius 3 is 0.847 bits per heavy atom. The highest BCUT2D eigenvalue weighted by Crippen LogP contribution is 2.60. The second-order valence-electron chi connectivity index (χ2n) is 13.0. The van der Waals surface area contributed by atoms with Crippen molar-refractivity contribution in [1.82, 2.24) is 0 Å². The normalized spacial score (nSPS) is 12.9. The quantitative estimate of drug-likeness (QED) is 0.106. The van der Waals surface area contributed by atoms with Crippen LogP contribution in [0.1, 0.15) is 22.3 Å². The Bertz CT molecular complexity index is 2180. The number of anilines is 2. The van der Waals surface area contributed by atoms with Gasteiger partial charge in [-0.3, -0.25) is 0 Å². The van der Waals surface area contributed by atoms with Crippen LogP contribution in [0, 0.1) is 0 Å². The summed E-state index contributed by atoms with van der Waals surface area (Å²) in [4.78, 5) is 0. The number of alkyl halides is 12. The van der Waals surface area contributed by atoms with Crippen molar-refractivity contribution in [2.75, 3.05) is 11.5 Å². The summed E-state index contributed by atoms with van der Waals surface area (Å²) < 4.78 is 197. The summed E-state index contributed by atoms with van der Waals surface area (Å²) in [6.45, 7) is 0. The molecule has 0 saturated carbocycles. The summed E-state index contributed by atoms with van der Waals surface area (Å²) in [6, 6.07) is 22.6. The van der Waals surface area contributed by atoms with Gasteiger partial charge in [0.05, 0.1) is 0 Å². The van der Waals surface area contributed by atoms with Crippen LogP contribution in [-0.4, -0.2) is 24.7 Å². The Hall–Kier alpha value is -6.52. The molecule has 0 amide bonds. The second kappa shape index (κ2) is 15.3. The van der Waals surface area contributed by atoms with E-state index in [1.165, 1.54) is 60.7 Å². The van der Waals surface area contributed by atoms with Crippen molar-refractivity contribution in [2.45, 2.75) is 35.5 Å². The fraction of sp³-hybridized carbons (Fsp3) is 0.143. The number of nitrogen functional groups attached to an aromatic ring is 2. The van der Waals surface area contributed by atoms with Crippen LogP contribution < -0.4 is 25.7 Å². The van der Waals surface area contributed by atoms with E-state index in [0.29, 0.717) is 36.4 Å². The van der Waals surface area contributed by atoms with E-state index in [2.05, 4.69) is 0 Å². The van der Waals surface area contributed by atoms with E-state index in [4.69, 9.17) is 25.7 Å². The Morgan fingerprint density at radius 2 is 0.559 bits per heavy atom. The number of hydrogen-bond acceptors (Lipinski definition) is 5. The van der Waals surface area contributed by atoms with Gasteiger partial charge in [0, 0.05) is 22.5 Å². The SMILES string of the molecule is Nc1ccc(Oc2ccccc2C(c2ccc(Oc3ccc(C(c4ccccc4Oc4ccc(N)cc4)(C(F)(F)F)C(F)(F)F)cc3)cc2)(C(F)(F)F)C(F)(F)F)cc1. The fourth-order valence-corrected chi connectivity index (χ4v) is 6.64. The van der Waals surface area contributed by atoms with Crippen molar-refractivity contribution in [3.8, 4) is 34.5 Å². The number of rotatable bonds is 10. The molecular formula is C42H28F12N2O3. The van der Waals surface area contributed by atoms with Crippen molar-refractivity contribution < 1.29 is 66.9 Å². The molecule has 6 aromatic rings. The molecule has 0 bridgehead atoms. The van der Waals surface area contributed by atoms with Crippen LogP contribution in [0.3, 0.4) is 0 Å². The number of ether oxygens (including phenoxy) is 3. The Kier molecular flexibility index (Phi) is 10.9. The van der Waals surface area contributed by atoms with E-state index < -0.39 is 80.8 Å². The summed E-state index contributed by atoms with van der Waals surface area (Å²) >= 11 is 0. The van der Waals surface area contributed by atoms with Gasteiger partial charge in [-0.15, -0.1) is 0 Å². The van der Waals surface area contributed by atoms with Crippen molar-refractivity contribution in [3.63, 3.8) is 0 Å². The summed E-state index contributed by atoms with van der Waals surface area (Å²) in [5, 5.41) is 0. The number of nitrogens with two attached hydrogens (primary N) is 2. The lowest BCUT2D eigenvalue weighted by Crippen LogP contribution is -2.54. The van der Waals surface area contributed by atoms with Crippen molar-refractivity contribution in [1.29, 1.82) is 0 Å². The maximum atomic E-state index is 15.0. The average Bonchev–Trinajstić information content (AvgIpc) is 3.14. The molecule has 0 heterocycles. The molecule has 0 saturated heterocycles. The highest BCUT2D eigenvalue weighted by Gasteiger charge is 2.74. The van der Waals surface area contributed by atoms with Crippen molar-refractivity contribution in [2.24, 2.45) is 0 Å². The van der Waals surface area contributed by atoms with Crippen LogP contribution in [0.25, 0.3) is 0 Å². The molecule has 59 heavy (non-hydrogen) atoms. The Labute approximate surface area is 327 Å². The first-order valence-electron chi connectivity index (χ1n) is 17.0. The molecule has 0 aliphatic rings. The third-order valence-corrected chi connectivity index (χ3v) is 9.31. The predicted octanol–water partition coefficient (Wildman–Crippen LogP) is 13.0. The maximum Gasteiger partial charge on any atom is 0.411 e. The molecule has 308 valence electrons. The molecule has 0 fully saturated rings. The van der Waals surface area contributed by atoms with E-state index in [9.17, 15) is 0 Å². The first-order valence-corrected chi connectivity index (χ1v) is 17.0. The van der Waals surface area contributed by atoms with Gasteiger partial charge in [-0.25, -0.2) is 0 Å². The zero-order chi connectivity index (χ0) is 43.0. The predicted molar refractivity (Wildman–Crippen MR) is 193 cm³/mol. The smallest absolute Gasteiger partial charge is 0.411 e. The maximum absolute atomic E-state index is 15.0. The molecule has 0 spiro atoms. The van der Waals surface area contributed by atoms with Crippen LogP contribution in [0.15, 0.2) is 146 Å². The lowest BCUT2D eigenvalue weighted by atomic mass is 9.72. The molecular weight excluding hydrogens is 808 g/mol. The van der Waals surface area contributed by atoms with E-state index in [0.717, 1.165) is 48.5 Å². The minimum Gasteiger partial charge on any atom is -0.457 e. The van der Waals surface area contributed by atoms with Crippen LogP contribution in [-0.2, 0) is 10.8 Å². The summed E-state index contributed by atoms with van der Waals surface area (Å²) in [7, 11) is 0. The van der Waals surface area contributed by atoms with Gasteiger partial charge in [-0.2, -0.15) is 52.7 Å². The standard InChI is InChI=1S/C42H28F12N2O3/c43-39(44,45)37(40(46,47)48,33-5-1-3-7-35(33)58-31-21-13-27(55)14-22-31)25-9-17-29(18-10-25)57-30-19-11-26(12-20-30)38(41(49,50)51,42(52,53)54)34-6-2-4-8-36(34)59-32-23-15-28(56)16-24-32/h1-24H,55-56H2. The van der Waals surface area contributed by atoms with Gasteiger partial charge in [-0.05, 0) is 96.1 Å². The highest BCUT2D eigenvalue weighted by atomic mass is 19.4. The zero-order valence-corrected chi connectivity index (χ0v) is 29.8. The second-order valence-corrected chi connectivity index (χ2v) is 13.0. The minimum atomic E-state index is -6.02. The van der Waals surface area contributed by atoms with E-state index in [1.807, 2.05) is 0 Å². The van der Waals surface area contributed by atoms with Crippen LogP contribution >= 0.6 is 0 Å². The van der Waals surface area contributed by atoms with Gasteiger partial charge in [0.2, 0.25) is 10.8 Å². The number of para-hydroxylation sites is 2. The summed E-state index contributed by atoms with van der Waals surface area (Å²) in [6.07, 6.45) is -24.1. The topological polar surface area (TPSA) is 79.7 Å². The third-order valence-electron chi connectivity index (χ3n) is 9.31. The summed E-state index contributed by atoms with van der Waals surface area (Å²) in [5.74, 6) is -2.60. The molecule has 6 rings (SSSR count). The van der Waals surface area contributed by atoms with Gasteiger partial charge >= 0.3 is 24.7 Å². The van der Waals surface area contributed by atoms with Gasteiger partial charge in [0.25, 0.3) is 0 Å². The molecule has 0 aliphatic heterocycles. The highest BCUT2D eigenvalue weighted by molar-refractivity contribution is 5.55. The Balaban J connectivity index is 1.37. The van der Waals surface area contributed by atoms with E-state index in [1.54, 1.807) is 0 Å². The zero-order valence-electron chi connectivity index (χ0n) is 29.8. The fourth-order valence-electron chi connectivity index (χ4n) is 6.64. The number of benzene rings is 6.